The van der Waals surface area contributed by atoms with Crippen LogP contribution in [0.15, 0.2) is 59.5 Å². The summed E-state index contributed by atoms with van der Waals surface area (Å²) in [4.78, 5) is 5.71. The first-order chi connectivity index (χ1) is 12.0. The van der Waals surface area contributed by atoms with E-state index in [1.807, 2.05) is 37.3 Å². The van der Waals surface area contributed by atoms with Crippen LogP contribution in [0.2, 0.25) is 0 Å². The summed E-state index contributed by atoms with van der Waals surface area (Å²) < 4.78 is 32.8. The van der Waals surface area contributed by atoms with Gasteiger partial charge in [0.1, 0.15) is 5.75 Å². The van der Waals surface area contributed by atoms with E-state index < -0.39 is 10.0 Å². The zero-order valence-electron chi connectivity index (χ0n) is 13.9. The predicted octanol–water partition coefficient (Wildman–Crippen LogP) is 4.18. The van der Waals surface area contributed by atoms with Crippen LogP contribution in [-0.2, 0) is 16.4 Å². The number of anilines is 1. The van der Waals surface area contributed by atoms with Crippen molar-refractivity contribution < 1.29 is 13.2 Å². The van der Waals surface area contributed by atoms with Gasteiger partial charge in [0.2, 0.25) is 0 Å². The lowest BCUT2D eigenvalue weighted by atomic mass is 10.1. The van der Waals surface area contributed by atoms with Crippen LogP contribution in [0.4, 0.5) is 5.13 Å². The van der Waals surface area contributed by atoms with E-state index in [2.05, 4.69) is 9.71 Å². The lowest BCUT2D eigenvalue weighted by molar-refractivity contribution is 0.414. The second kappa shape index (κ2) is 7.25. The summed E-state index contributed by atoms with van der Waals surface area (Å²) in [5.41, 5.74) is 1.80. The molecule has 0 aliphatic heterocycles. The monoisotopic (exact) mass is 374 g/mol. The lowest BCUT2D eigenvalue weighted by Gasteiger charge is -2.06. The molecule has 0 aliphatic rings. The second-order valence-corrected chi connectivity index (χ2v) is 8.06. The Morgan fingerprint density at radius 1 is 1.08 bits per heavy atom. The smallest absolute Gasteiger partial charge is 0.263 e. The van der Waals surface area contributed by atoms with Gasteiger partial charge in [-0.15, -0.1) is 11.3 Å². The van der Waals surface area contributed by atoms with Gasteiger partial charge in [-0.05, 0) is 30.7 Å². The number of thiazole rings is 1. The van der Waals surface area contributed by atoms with Gasteiger partial charge < -0.3 is 4.74 Å². The summed E-state index contributed by atoms with van der Waals surface area (Å²) in [6.45, 7) is 2.03. The van der Waals surface area contributed by atoms with E-state index in [1.165, 1.54) is 30.6 Å². The summed E-state index contributed by atoms with van der Waals surface area (Å²) in [7, 11) is -2.15. The lowest BCUT2D eigenvalue weighted by Crippen LogP contribution is -2.12. The van der Waals surface area contributed by atoms with Crippen molar-refractivity contribution in [1.82, 2.24) is 4.98 Å². The molecule has 3 rings (SSSR count). The van der Waals surface area contributed by atoms with Crippen LogP contribution >= 0.6 is 11.3 Å². The van der Waals surface area contributed by atoms with Gasteiger partial charge in [0.25, 0.3) is 10.0 Å². The van der Waals surface area contributed by atoms with E-state index in [1.54, 1.807) is 12.1 Å². The third-order valence-electron chi connectivity index (χ3n) is 3.66. The van der Waals surface area contributed by atoms with Crippen molar-refractivity contribution in [3.63, 3.8) is 0 Å². The Morgan fingerprint density at radius 2 is 1.76 bits per heavy atom. The molecule has 1 heterocycles. The fourth-order valence-electron chi connectivity index (χ4n) is 2.39. The van der Waals surface area contributed by atoms with Crippen molar-refractivity contribution in [3.8, 4) is 17.0 Å². The number of aromatic nitrogens is 1. The Labute approximate surface area is 151 Å². The number of nitrogens with zero attached hydrogens (tertiary/aromatic N) is 1. The Kier molecular flexibility index (Phi) is 5.06. The molecule has 0 aliphatic carbocycles. The summed E-state index contributed by atoms with van der Waals surface area (Å²) in [5.74, 6) is 0.604. The molecule has 0 atom stereocenters. The molecule has 130 valence electrons. The summed E-state index contributed by atoms with van der Waals surface area (Å²) in [6.07, 6.45) is 0.784. The fourth-order valence-corrected chi connectivity index (χ4v) is 4.54. The van der Waals surface area contributed by atoms with E-state index >= 15 is 0 Å². The highest BCUT2D eigenvalue weighted by Gasteiger charge is 2.19. The quantitative estimate of drug-likeness (QED) is 0.703. The molecule has 0 fully saturated rings. The minimum atomic E-state index is -3.69. The van der Waals surface area contributed by atoms with Gasteiger partial charge in [-0.3, -0.25) is 4.72 Å². The molecule has 0 saturated carbocycles. The number of sulfonamides is 1. The largest absolute Gasteiger partial charge is 0.497 e. The van der Waals surface area contributed by atoms with Gasteiger partial charge in [-0.25, -0.2) is 13.4 Å². The fraction of sp³-hybridized carbons (Fsp3) is 0.167. The first-order valence-corrected chi connectivity index (χ1v) is 10.1. The molecule has 0 amide bonds. The predicted molar refractivity (Wildman–Crippen MR) is 101 cm³/mol. The average Bonchev–Trinajstić information content (AvgIpc) is 3.04. The van der Waals surface area contributed by atoms with Crippen LogP contribution in [0.3, 0.4) is 0 Å². The third kappa shape index (κ3) is 3.83. The van der Waals surface area contributed by atoms with Crippen molar-refractivity contribution in [1.29, 1.82) is 0 Å². The standard InChI is InChI=1S/C18H18N2O3S2/c1-3-16-17(13-7-5-4-6-8-13)19-18(24-16)20-25(21,22)15-11-9-14(23-2)10-12-15/h4-12H,3H2,1-2H3,(H,19,20). The molecular weight excluding hydrogens is 356 g/mol. The SMILES string of the molecule is CCc1sc(NS(=O)(=O)c2ccc(OC)cc2)nc1-c1ccccc1. The number of ether oxygens (including phenoxy) is 1. The summed E-state index contributed by atoms with van der Waals surface area (Å²) >= 11 is 1.36. The van der Waals surface area contributed by atoms with Crippen LogP contribution in [0.25, 0.3) is 11.3 Å². The van der Waals surface area contributed by atoms with Crippen molar-refractivity contribution in [2.24, 2.45) is 0 Å². The van der Waals surface area contributed by atoms with E-state index in [0.717, 1.165) is 22.6 Å². The number of hydrogen-bond donors (Lipinski definition) is 1. The molecule has 0 saturated heterocycles. The molecule has 25 heavy (non-hydrogen) atoms. The maximum absolute atomic E-state index is 12.6. The highest BCUT2D eigenvalue weighted by atomic mass is 32.2. The first-order valence-electron chi connectivity index (χ1n) is 7.75. The molecule has 0 unspecified atom stereocenters. The van der Waals surface area contributed by atoms with Crippen molar-refractivity contribution in [3.05, 3.63) is 59.5 Å². The van der Waals surface area contributed by atoms with Crippen molar-refractivity contribution in [2.75, 3.05) is 11.8 Å². The third-order valence-corrected chi connectivity index (χ3v) is 6.26. The van der Waals surface area contributed by atoms with Crippen LogP contribution in [0.5, 0.6) is 5.75 Å². The van der Waals surface area contributed by atoms with E-state index in [-0.39, 0.29) is 4.90 Å². The molecule has 5 nitrogen and oxygen atoms in total. The maximum Gasteiger partial charge on any atom is 0.263 e. The number of aryl methyl sites for hydroxylation is 1. The topological polar surface area (TPSA) is 68.3 Å². The Balaban J connectivity index is 1.90. The number of methoxy groups -OCH3 is 1. The minimum absolute atomic E-state index is 0.169. The maximum atomic E-state index is 12.6. The summed E-state index contributed by atoms with van der Waals surface area (Å²) in [5, 5.41) is 0.367. The number of nitrogens with one attached hydrogen (secondary N) is 1. The van der Waals surface area contributed by atoms with E-state index in [0.29, 0.717) is 10.9 Å². The highest BCUT2D eigenvalue weighted by Crippen LogP contribution is 2.32. The van der Waals surface area contributed by atoms with Crippen molar-refractivity contribution in [2.45, 2.75) is 18.2 Å². The minimum Gasteiger partial charge on any atom is -0.497 e. The molecule has 2 aromatic carbocycles. The molecule has 1 N–H and O–H groups in total. The second-order valence-electron chi connectivity index (χ2n) is 5.29. The van der Waals surface area contributed by atoms with E-state index in [4.69, 9.17) is 4.74 Å². The van der Waals surface area contributed by atoms with Gasteiger partial charge in [0.15, 0.2) is 5.13 Å². The number of rotatable bonds is 6. The molecular formula is C18H18N2O3S2. The Hall–Kier alpha value is -2.38. The average molecular weight is 374 g/mol. The summed E-state index contributed by atoms with van der Waals surface area (Å²) in [6, 6.07) is 16.0. The van der Waals surface area contributed by atoms with Crippen LogP contribution in [0, 0.1) is 0 Å². The van der Waals surface area contributed by atoms with Crippen molar-refractivity contribution >= 4 is 26.5 Å². The Bertz CT molecular complexity index is 950. The molecule has 0 radical (unpaired) electrons. The van der Waals surface area contributed by atoms with Gasteiger partial charge >= 0.3 is 0 Å². The Morgan fingerprint density at radius 3 is 2.36 bits per heavy atom. The normalized spacial score (nSPS) is 11.3. The van der Waals surface area contributed by atoms with Crippen LogP contribution < -0.4 is 9.46 Å². The molecule has 7 heteroatoms. The number of benzene rings is 2. The van der Waals surface area contributed by atoms with Gasteiger partial charge in [0, 0.05) is 10.4 Å². The molecule has 1 aromatic heterocycles. The molecule has 0 spiro atoms. The van der Waals surface area contributed by atoms with E-state index in [9.17, 15) is 8.42 Å². The van der Waals surface area contributed by atoms with Gasteiger partial charge in [-0.2, -0.15) is 0 Å². The van der Waals surface area contributed by atoms with Gasteiger partial charge in [-0.1, -0.05) is 37.3 Å². The zero-order valence-corrected chi connectivity index (χ0v) is 15.5. The molecule has 0 bridgehead atoms. The van der Waals surface area contributed by atoms with Crippen LogP contribution in [0.1, 0.15) is 11.8 Å². The highest BCUT2D eigenvalue weighted by molar-refractivity contribution is 7.93. The number of hydrogen-bond acceptors (Lipinski definition) is 5. The van der Waals surface area contributed by atoms with Gasteiger partial charge in [0.05, 0.1) is 17.7 Å². The van der Waals surface area contributed by atoms with Crippen LogP contribution in [-0.4, -0.2) is 20.5 Å². The molecule has 3 aromatic rings. The first kappa shape index (κ1) is 17.4. The zero-order chi connectivity index (χ0) is 17.9.